The average molecular weight is 308 g/mol. The summed E-state index contributed by atoms with van der Waals surface area (Å²) in [5, 5.41) is 8.17. The molecular formula is C15H18ClN3S. The summed E-state index contributed by atoms with van der Waals surface area (Å²) < 4.78 is 0. The van der Waals surface area contributed by atoms with Crippen LogP contribution >= 0.6 is 22.9 Å². The standard InChI is InChI=1S/C15H18ClN3S/c1-17-15-5-4-13(16)14(18-15)9-19(12-2-3-12)8-11-6-7-20-10-11/h4-7,10,12H,2-3,8-9H2,1H3,(H,17,18). The molecule has 2 heterocycles. The molecule has 5 heteroatoms. The first kappa shape index (κ1) is 13.9. The minimum atomic E-state index is 0.686. The van der Waals surface area contributed by atoms with Crippen molar-refractivity contribution in [2.45, 2.75) is 32.0 Å². The Bertz CT molecular complexity index is 567. The minimum absolute atomic E-state index is 0.686. The van der Waals surface area contributed by atoms with Gasteiger partial charge < -0.3 is 5.32 Å². The van der Waals surface area contributed by atoms with Crippen molar-refractivity contribution in [1.29, 1.82) is 0 Å². The molecule has 0 aliphatic heterocycles. The fourth-order valence-electron chi connectivity index (χ4n) is 2.30. The Morgan fingerprint density at radius 2 is 2.20 bits per heavy atom. The van der Waals surface area contributed by atoms with Crippen LogP contribution in [0.25, 0.3) is 0 Å². The van der Waals surface area contributed by atoms with E-state index in [9.17, 15) is 0 Å². The zero-order valence-corrected chi connectivity index (χ0v) is 13.0. The number of nitrogens with one attached hydrogen (secondary N) is 1. The molecule has 0 bridgehead atoms. The van der Waals surface area contributed by atoms with Crippen molar-refractivity contribution in [2.75, 3.05) is 12.4 Å². The van der Waals surface area contributed by atoms with Crippen molar-refractivity contribution in [3.63, 3.8) is 0 Å². The summed E-state index contributed by atoms with van der Waals surface area (Å²) in [6.45, 7) is 1.80. The van der Waals surface area contributed by atoms with E-state index in [4.69, 9.17) is 11.6 Å². The van der Waals surface area contributed by atoms with E-state index in [0.717, 1.165) is 29.6 Å². The molecule has 0 spiro atoms. The fourth-order valence-corrected chi connectivity index (χ4v) is 3.12. The molecule has 3 nitrogen and oxygen atoms in total. The van der Waals surface area contributed by atoms with Gasteiger partial charge in [0.2, 0.25) is 0 Å². The number of rotatable bonds is 6. The van der Waals surface area contributed by atoms with Crippen LogP contribution in [-0.2, 0) is 13.1 Å². The van der Waals surface area contributed by atoms with Gasteiger partial charge in [-0.15, -0.1) is 0 Å². The quantitative estimate of drug-likeness (QED) is 0.874. The maximum absolute atomic E-state index is 6.29. The molecule has 0 radical (unpaired) electrons. The fraction of sp³-hybridized carbons (Fsp3) is 0.400. The highest BCUT2D eigenvalue weighted by Gasteiger charge is 2.29. The SMILES string of the molecule is CNc1ccc(Cl)c(CN(Cc2ccsc2)C2CC2)n1. The topological polar surface area (TPSA) is 28.2 Å². The summed E-state index contributed by atoms with van der Waals surface area (Å²) >= 11 is 8.04. The first-order chi connectivity index (χ1) is 9.76. The van der Waals surface area contributed by atoms with Crippen LogP contribution < -0.4 is 5.32 Å². The molecule has 1 aliphatic carbocycles. The summed E-state index contributed by atoms with van der Waals surface area (Å²) in [6, 6.07) is 6.71. The molecule has 2 aromatic heterocycles. The van der Waals surface area contributed by atoms with Gasteiger partial charge in [0.15, 0.2) is 0 Å². The van der Waals surface area contributed by atoms with Gasteiger partial charge in [-0.3, -0.25) is 4.90 Å². The maximum Gasteiger partial charge on any atom is 0.126 e. The van der Waals surface area contributed by atoms with E-state index in [2.05, 4.69) is 32.0 Å². The van der Waals surface area contributed by atoms with Crippen LogP contribution in [-0.4, -0.2) is 23.0 Å². The lowest BCUT2D eigenvalue weighted by Crippen LogP contribution is -2.25. The molecule has 1 saturated carbocycles. The first-order valence-corrected chi connectivity index (χ1v) is 8.16. The lowest BCUT2D eigenvalue weighted by Gasteiger charge is -2.21. The van der Waals surface area contributed by atoms with Gasteiger partial charge in [-0.2, -0.15) is 11.3 Å². The van der Waals surface area contributed by atoms with E-state index in [1.54, 1.807) is 11.3 Å². The van der Waals surface area contributed by atoms with Crippen molar-refractivity contribution >= 4 is 28.8 Å². The largest absolute Gasteiger partial charge is 0.373 e. The number of nitrogens with zero attached hydrogens (tertiary/aromatic N) is 2. The number of hydrogen-bond acceptors (Lipinski definition) is 4. The molecule has 0 aromatic carbocycles. The van der Waals surface area contributed by atoms with Crippen LogP contribution in [0.4, 0.5) is 5.82 Å². The van der Waals surface area contributed by atoms with Gasteiger partial charge in [0.25, 0.3) is 0 Å². The normalized spacial score (nSPS) is 14.8. The van der Waals surface area contributed by atoms with E-state index in [0.29, 0.717) is 6.04 Å². The highest BCUT2D eigenvalue weighted by molar-refractivity contribution is 7.07. The van der Waals surface area contributed by atoms with E-state index in [-0.39, 0.29) is 0 Å². The molecule has 2 aromatic rings. The predicted molar refractivity (Wildman–Crippen MR) is 85.4 cm³/mol. The van der Waals surface area contributed by atoms with Crippen molar-refractivity contribution in [2.24, 2.45) is 0 Å². The maximum atomic E-state index is 6.29. The van der Waals surface area contributed by atoms with E-state index in [1.165, 1.54) is 18.4 Å². The van der Waals surface area contributed by atoms with E-state index < -0.39 is 0 Å². The number of aromatic nitrogens is 1. The molecule has 20 heavy (non-hydrogen) atoms. The molecule has 0 saturated heterocycles. The number of halogens is 1. The van der Waals surface area contributed by atoms with Crippen LogP contribution in [0.2, 0.25) is 5.02 Å². The molecule has 1 N–H and O–H groups in total. The van der Waals surface area contributed by atoms with E-state index >= 15 is 0 Å². The average Bonchev–Trinajstić information content (AvgIpc) is 3.18. The van der Waals surface area contributed by atoms with Gasteiger partial charge in [0, 0.05) is 26.2 Å². The minimum Gasteiger partial charge on any atom is -0.373 e. The number of thiophene rings is 1. The number of anilines is 1. The van der Waals surface area contributed by atoms with Crippen molar-refractivity contribution in [3.8, 4) is 0 Å². The first-order valence-electron chi connectivity index (χ1n) is 6.84. The predicted octanol–water partition coefficient (Wildman–Crippen LogP) is 4.00. The van der Waals surface area contributed by atoms with Crippen LogP contribution in [0.5, 0.6) is 0 Å². The summed E-state index contributed by atoms with van der Waals surface area (Å²) in [4.78, 5) is 7.07. The second-order valence-electron chi connectivity index (χ2n) is 5.14. The summed E-state index contributed by atoms with van der Waals surface area (Å²) in [6.07, 6.45) is 2.57. The molecule has 0 unspecified atom stereocenters. The Labute approximate surface area is 128 Å². The zero-order valence-electron chi connectivity index (χ0n) is 11.5. The Morgan fingerprint density at radius 1 is 1.35 bits per heavy atom. The second kappa shape index (κ2) is 6.12. The number of pyridine rings is 1. The van der Waals surface area contributed by atoms with Crippen LogP contribution in [0.3, 0.4) is 0 Å². The second-order valence-corrected chi connectivity index (χ2v) is 6.33. The van der Waals surface area contributed by atoms with E-state index in [1.807, 2.05) is 19.2 Å². The third-order valence-electron chi connectivity index (χ3n) is 3.56. The van der Waals surface area contributed by atoms with Gasteiger partial charge in [-0.05, 0) is 47.4 Å². The Hall–Kier alpha value is -1.10. The Kier molecular flexibility index (Phi) is 4.24. The molecule has 3 rings (SSSR count). The highest BCUT2D eigenvalue weighted by Crippen LogP contribution is 2.31. The smallest absolute Gasteiger partial charge is 0.126 e. The van der Waals surface area contributed by atoms with Crippen molar-refractivity contribution in [1.82, 2.24) is 9.88 Å². The van der Waals surface area contributed by atoms with Gasteiger partial charge in [0.05, 0.1) is 10.7 Å². The number of hydrogen-bond donors (Lipinski definition) is 1. The lowest BCUT2D eigenvalue weighted by molar-refractivity contribution is 0.243. The lowest BCUT2D eigenvalue weighted by atomic mass is 10.2. The Balaban J connectivity index is 1.76. The van der Waals surface area contributed by atoms with Crippen molar-refractivity contribution < 1.29 is 0 Å². The third kappa shape index (κ3) is 3.32. The summed E-state index contributed by atoms with van der Waals surface area (Å²) in [5.74, 6) is 0.871. The highest BCUT2D eigenvalue weighted by atomic mass is 35.5. The monoisotopic (exact) mass is 307 g/mol. The van der Waals surface area contributed by atoms with Gasteiger partial charge in [-0.1, -0.05) is 11.6 Å². The van der Waals surface area contributed by atoms with Gasteiger partial charge >= 0.3 is 0 Å². The molecule has 0 amide bonds. The zero-order chi connectivity index (χ0) is 13.9. The summed E-state index contributed by atoms with van der Waals surface area (Å²) in [5.41, 5.74) is 2.34. The van der Waals surface area contributed by atoms with Crippen LogP contribution in [0.15, 0.2) is 29.0 Å². The van der Waals surface area contributed by atoms with Crippen LogP contribution in [0.1, 0.15) is 24.1 Å². The van der Waals surface area contributed by atoms with Crippen molar-refractivity contribution in [3.05, 3.63) is 45.2 Å². The molecule has 106 valence electrons. The summed E-state index contributed by atoms with van der Waals surface area (Å²) in [7, 11) is 1.88. The third-order valence-corrected chi connectivity index (χ3v) is 4.63. The molecule has 0 atom stereocenters. The molecule has 1 aliphatic rings. The Morgan fingerprint density at radius 3 is 2.85 bits per heavy atom. The molecular weight excluding hydrogens is 290 g/mol. The van der Waals surface area contributed by atoms with Gasteiger partial charge in [0.1, 0.15) is 5.82 Å². The van der Waals surface area contributed by atoms with Gasteiger partial charge in [-0.25, -0.2) is 4.98 Å². The molecule has 1 fully saturated rings. The van der Waals surface area contributed by atoms with Crippen LogP contribution in [0, 0.1) is 0 Å².